The van der Waals surface area contributed by atoms with Crippen LogP contribution in [0.3, 0.4) is 0 Å². The summed E-state index contributed by atoms with van der Waals surface area (Å²) >= 11 is 0. The van der Waals surface area contributed by atoms with Crippen LogP contribution in [0, 0.1) is 5.82 Å². The van der Waals surface area contributed by atoms with Crippen molar-refractivity contribution in [2.24, 2.45) is 0 Å². The first-order chi connectivity index (χ1) is 8.35. The third kappa shape index (κ3) is 3.97. The third-order valence-electron chi connectivity index (χ3n) is 2.07. The molecule has 0 unspecified atom stereocenters. The Labute approximate surface area is 101 Å². The molecule has 0 fully saturated rings. The van der Waals surface area contributed by atoms with Crippen molar-refractivity contribution in [1.82, 2.24) is 4.98 Å². The maximum Gasteiger partial charge on any atom is 0.389 e. The lowest BCUT2D eigenvalue weighted by atomic mass is 10.1. The van der Waals surface area contributed by atoms with E-state index in [4.69, 9.17) is 4.74 Å². The molecule has 100 valence electrons. The quantitative estimate of drug-likeness (QED) is 0.606. The van der Waals surface area contributed by atoms with Gasteiger partial charge in [0, 0.05) is 12.6 Å². The summed E-state index contributed by atoms with van der Waals surface area (Å²) in [5.41, 5.74) is -0.433. The van der Waals surface area contributed by atoms with Gasteiger partial charge in [-0.2, -0.15) is 13.2 Å². The second-order valence-electron chi connectivity index (χ2n) is 3.45. The summed E-state index contributed by atoms with van der Waals surface area (Å²) in [7, 11) is 0. The molecule has 18 heavy (non-hydrogen) atoms. The van der Waals surface area contributed by atoms with Crippen LogP contribution in [0.4, 0.5) is 17.6 Å². The van der Waals surface area contributed by atoms with E-state index in [9.17, 15) is 22.4 Å². The van der Waals surface area contributed by atoms with Crippen LogP contribution < -0.4 is 4.74 Å². The highest BCUT2D eigenvalue weighted by atomic mass is 19.4. The molecule has 0 saturated heterocycles. The molecule has 1 rings (SSSR count). The van der Waals surface area contributed by atoms with Gasteiger partial charge in [0.1, 0.15) is 0 Å². The lowest BCUT2D eigenvalue weighted by Gasteiger charge is -2.08. The van der Waals surface area contributed by atoms with Gasteiger partial charge in [-0.05, 0) is 13.0 Å². The van der Waals surface area contributed by atoms with E-state index >= 15 is 0 Å². The van der Waals surface area contributed by atoms with Crippen molar-refractivity contribution in [3.63, 3.8) is 0 Å². The molecule has 0 radical (unpaired) electrons. The summed E-state index contributed by atoms with van der Waals surface area (Å²) in [5, 5.41) is 0. The zero-order valence-corrected chi connectivity index (χ0v) is 9.55. The van der Waals surface area contributed by atoms with Crippen LogP contribution in [-0.4, -0.2) is 23.6 Å². The molecule has 0 aliphatic rings. The molecule has 7 heteroatoms. The minimum absolute atomic E-state index is 0.143. The average Bonchev–Trinajstić information content (AvgIpc) is 2.28. The summed E-state index contributed by atoms with van der Waals surface area (Å²) in [4.78, 5) is 15.0. The minimum atomic E-state index is -4.44. The number of rotatable bonds is 5. The van der Waals surface area contributed by atoms with Crippen molar-refractivity contribution in [1.29, 1.82) is 0 Å². The van der Waals surface area contributed by atoms with E-state index in [2.05, 4.69) is 4.98 Å². The SMILES string of the molecule is CCOc1nccc(C(=O)CCC(F)(F)F)c1F. The number of aromatic nitrogens is 1. The standard InChI is InChI=1S/C11H11F4NO2/c1-2-18-10-9(12)7(4-6-16-10)8(17)3-5-11(13,14)15/h4,6H,2-3,5H2,1H3. The molecule has 0 spiro atoms. The van der Waals surface area contributed by atoms with Gasteiger partial charge in [-0.3, -0.25) is 4.79 Å². The number of hydrogen-bond donors (Lipinski definition) is 0. The topological polar surface area (TPSA) is 39.2 Å². The van der Waals surface area contributed by atoms with Crippen LogP contribution >= 0.6 is 0 Å². The van der Waals surface area contributed by atoms with Crippen LogP contribution in [0.15, 0.2) is 12.3 Å². The van der Waals surface area contributed by atoms with E-state index in [-0.39, 0.29) is 12.5 Å². The van der Waals surface area contributed by atoms with E-state index in [1.165, 1.54) is 0 Å². The van der Waals surface area contributed by atoms with E-state index in [1.807, 2.05) is 0 Å². The van der Waals surface area contributed by atoms with Gasteiger partial charge >= 0.3 is 6.18 Å². The molecular formula is C11H11F4NO2. The molecule has 3 nitrogen and oxygen atoms in total. The Morgan fingerprint density at radius 1 is 1.44 bits per heavy atom. The number of hydrogen-bond acceptors (Lipinski definition) is 3. The monoisotopic (exact) mass is 265 g/mol. The fraction of sp³-hybridized carbons (Fsp3) is 0.455. The Kier molecular flexibility index (Phi) is 4.63. The number of pyridine rings is 1. The van der Waals surface area contributed by atoms with E-state index in [0.717, 1.165) is 12.3 Å². The Balaban J connectivity index is 2.83. The molecule has 0 atom stereocenters. The van der Waals surface area contributed by atoms with E-state index in [1.54, 1.807) is 6.92 Å². The molecule has 0 amide bonds. The van der Waals surface area contributed by atoms with Gasteiger partial charge in [-0.25, -0.2) is 9.37 Å². The van der Waals surface area contributed by atoms with Crippen molar-refractivity contribution in [3.05, 3.63) is 23.6 Å². The summed E-state index contributed by atoms with van der Waals surface area (Å²) in [5.74, 6) is -2.32. The van der Waals surface area contributed by atoms with Gasteiger partial charge in [0.15, 0.2) is 11.6 Å². The van der Waals surface area contributed by atoms with Crippen LogP contribution in [0.25, 0.3) is 0 Å². The van der Waals surface area contributed by atoms with E-state index in [0.29, 0.717) is 0 Å². The van der Waals surface area contributed by atoms with Gasteiger partial charge in [-0.15, -0.1) is 0 Å². The number of halogens is 4. The van der Waals surface area contributed by atoms with Gasteiger partial charge < -0.3 is 4.74 Å². The highest BCUT2D eigenvalue weighted by molar-refractivity contribution is 5.96. The maximum absolute atomic E-state index is 13.6. The summed E-state index contributed by atoms with van der Waals surface area (Å²) < 4.78 is 54.3. The second-order valence-corrected chi connectivity index (χ2v) is 3.45. The largest absolute Gasteiger partial charge is 0.476 e. The third-order valence-corrected chi connectivity index (χ3v) is 2.07. The average molecular weight is 265 g/mol. The molecule has 1 aromatic rings. The van der Waals surface area contributed by atoms with Crippen molar-refractivity contribution >= 4 is 5.78 Å². The fourth-order valence-electron chi connectivity index (χ4n) is 1.27. The molecule has 0 aliphatic carbocycles. The first kappa shape index (κ1) is 14.4. The Hall–Kier alpha value is -1.66. The van der Waals surface area contributed by atoms with Gasteiger partial charge in [0.25, 0.3) is 5.88 Å². The highest BCUT2D eigenvalue weighted by Gasteiger charge is 2.29. The van der Waals surface area contributed by atoms with E-state index < -0.39 is 36.2 Å². The number of alkyl halides is 3. The number of ketones is 1. The fourth-order valence-corrected chi connectivity index (χ4v) is 1.27. The second kappa shape index (κ2) is 5.79. The number of carbonyl (C=O) groups is 1. The van der Waals surface area contributed by atoms with Gasteiger partial charge in [0.05, 0.1) is 18.6 Å². The molecule has 0 saturated carbocycles. The predicted octanol–water partition coefficient (Wildman–Crippen LogP) is 3.14. The molecular weight excluding hydrogens is 254 g/mol. The number of carbonyl (C=O) groups excluding carboxylic acids is 1. The summed E-state index contributed by atoms with van der Waals surface area (Å²) in [6, 6.07) is 1.04. The molecule has 0 aliphatic heterocycles. The van der Waals surface area contributed by atoms with Crippen LogP contribution in [-0.2, 0) is 0 Å². The van der Waals surface area contributed by atoms with Crippen molar-refractivity contribution < 1.29 is 27.1 Å². The van der Waals surface area contributed by atoms with Crippen molar-refractivity contribution in [2.75, 3.05) is 6.61 Å². The summed E-state index contributed by atoms with van der Waals surface area (Å²) in [6.45, 7) is 1.74. The number of nitrogens with zero attached hydrogens (tertiary/aromatic N) is 1. The highest BCUT2D eigenvalue weighted by Crippen LogP contribution is 2.24. The molecule has 1 aromatic heterocycles. The van der Waals surface area contributed by atoms with Crippen LogP contribution in [0.5, 0.6) is 5.88 Å². The van der Waals surface area contributed by atoms with Crippen molar-refractivity contribution in [2.45, 2.75) is 25.9 Å². The smallest absolute Gasteiger partial charge is 0.389 e. The number of ether oxygens (including phenoxy) is 1. The number of Topliss-reactive ketones (excluding diaryl/α,β-unsaturated/α-hetero) is 1. The summed E-state index contributed by atoms with van der Waals surface area (Å²) in [6.07, 6.45) is -5.40. The van der Waals surface area contributed by atoms with Gasteiger partial charge in [0.2, 0.25) is 0 Å². The minimum Gasteiger partial charge on any atom is -0.476 e. The lowest BCUT2D eigenvalue weighted by Crippen LogP contribution is -2.12. The zero-order valence-electron chi connectivity index (χ0n) is 9.55. The Morgan fingerprint density at radius 3 is 2.67 bits per heavy atom. The first-order valence-corrected chi connectivity index (χ1v) is 5.22. The Bertz CT molecular complexity index is 432. The van der Waals surface area contributed by atoms with Gasteiger partial charge in [-0.1, -0.05) is 0 Å². The predicted molar refractivity (Wildman–Crippen MR) is 55.0 cm³/mol. The zero-order chi connectivity index (χ0) is 13.8. The van der Waals surface area contributed by atoms with Crippen LogP contribution in [0.2, 0.25) is 0 Å². The lowest BCUT2D eigenvalue weighted by molar-refractivity contribution is -0.133. The molecule has 0 N–H and O–H groups in total. The van der Waals surface area contributed by atoms with Crippen LogP contribution in [0.1, 0.15) is 30.1 Å². The molecule has 0 aromatic carbocycles. The molecule has 1 heterocycles. The Morgan fingerprint density at radius 2 is 2.11 bits per heavy atom. The normalized spacial score (nSPS) is 11.4. The first-order valence-electron chi connectivity index (χ1n) is 5.22. The molecule has 0 bridgehead atoms. The maximum atomic E-state index is 13.6. The van der Waals surface area contributed by atoms with Crippen molar-refractivity contribution in [3.8, 4) is 5.88 Å².